The molecule has 5 heteroatoms. The molecule has 114 valence electrons. The Bertz CT molecular complexity index is 679. The molecule has 1 amide bonds. The third-order valence-corrected chi connectivity index (χ3v) is 3.24. The molecule has 2 rings (SSSR count). The molecule has 5 nitrogen and oxygen atoms in total. The highest BCUT2D eigenvalue weighted by Crippen LogP contribution is 2.20. The molecule has 0 aliphatic heterocycles. The number of carbonyl (C=O) groups excluding carboxylic acids is 1. The number of phenols is 1. The van der Waals surface area contributed by atoms with Gasteiger partial charge in [-0.15, -0.1) is 0 Å². The monoisotopic (exact) mass is 298 g/mol. The number of phenolic OH excluding ortho intramolecular Hbond substituents is 1. The van der Waals surface area contributed by atoms with Crippen LogP contribution in [0.3, 0.4) is 0 Å². The highest BCUT2D eigenvalue weighted by Gasteiger charge is 2.13. The van der Waals surface area contributed by atoms with E-state index < -0.39 is 0 Å². The molecule has 2 aromatic carbocycles. The zero-order chi connectivity index (χ0) is 15.9. The second-order valence-corrected chi connectivity index (χ2v) is 4.70. The minimum Gasteiger partial charge on any atom is -0.508 e. The van der Waals surface area contributed by atoms with Crippen LogP contribution in [0.25, 0.3) is 0 Å². The summed E-state index contributed by atoms with van der Waals surface area (Å²) in [6.07, 6.45) is 0.615. The molecule has 0 unspecified atom stereocenters. The van der Waals surface area contributed by atoms with E-state index in [-0.39, 0.29) is 17.4 Å². The lowest BCUT2D eigenvalue weighted by Gasteiger charge is -2.07. The first kappa shape index (κ1) is 15.6. The van der Waals surface area contributed by atoms with Gasteiger partial charge < -0.3 is 15.3 Å². The third kappa shape index (κ3) is 3.63. The van der Waals surface area contributed by atoms with Crippen LogP contribution in [-0.2, 0) is 16.1 Å². The number of para-hydroxylation sites is 1. The predicted octanol–water partition coefficient (Wildman–Crippen LogP) is 2.08. The molecule has 0 saturated heterocycles. The Hall–Kier alpha value is -2.82. The molecule has 0 bridgehead atoms. The zero-order valence-corrected chi connectivity index (χ0v) is 12.5. The van der Waals surface area contributed by atoms with Crippen LogP contribution >= 0.6 is 0 Å². The Labute approximate surface area is 129 Å². The van der Waals surface area contributed by atoms with Crippen LogP contribution in [0, 0.1) is 0 Å². The SMILES string of the molecule is CNC(=O)C(=NOC)c1ccc(Cc2ccccc2O)cc1. The standard InChI is InChI=1S/C17H18N2O3/c1-18-17(21)16(19-22-2)13-9-7-12(8-10-13)11-14-5-3-4-6-15(14)20/h3-10,20H,11H2,1-2H3,(H,18,21). The number of hydrogen-bond donors (Lipinski definition) is 2. The Morgan fingerprint density at radius 1 is 1.18 bits per heavy atom. The van der Waals surface area contributed by atoms with Gasteiger partial charge in [0.05, 0.1) is 0 Å². The average molecular weight is 298 g/mol. The molecule has 22 heavy (non-hydrogen) atoms. The van der Waals surface area contributed by atoms with Crippen LogP contribution in [0.2, 0.25) is 0 Å². The van der Waals surface area contributed by atoms with Crippen molar-refractivity contribution >= 4 is 11.6 Å². The minimum atomic E-state index is -0.310. The molecule has 0 atom stereocenters. The number of benzene rings is 2. The summed E-state index contributed by atoms with van der Waals surface area (Å²) in [5.41, 5.74) is 2.77. The maximum atomic E-state index is 11.8. The van der Waals surface area contributed by atoms with Crippen molar-refractivity contribution in [2.24, 2.45) is 5.16 Å². The molecular formula is C17H18N2O3. The second kappa shape index (κ2) is 7.26. The average Bonchev–Trinajstić information content (AvgIpc) is 2.55. The summed E-state index contributed by atoms with van der Waals surface area (Å²) in [4.78, 5) is 16.5. The molecule has 0 spiro atoms. The summed E-state index contributed by atoms with van der Waals surface area (Å²) in [5, 5.41) is 16.1. The van der Waals surface area contributed by atoms with Crippen molar-refractivity contribution < 1.29 is 14.7 Å². The summed E-state index contributed by atoms with van der Waals surface area (Å²) < 4.78 is 0. The Morgan fingerprint density at radius 3 is 2.45 bits per heavy atom. The highest BCUT2D eigenvalue weighted by atomic mass is 16.6. The predicted molar refractivity (Wildman–Crippen MR) is 85.0 cm³/mol. The topological polar surface area (TPSA) is 70.9 Å². The van der Waals surface area contributed by atoms with Gasteiger partial charge >= 0.3 is 0 Å². The van der Waals surface area contributed by atoms with Crippen LogP contribution in [0.4, 0.5) is 0 Å². The quantitative estimate of drug-likeness (QED) is 0.656. The maximum Gasteiger partial charge on any atom is 0.273 e. The molecule has 0 heterocycles. The van der Waals surface area contributed by atoms with Gasteiger partial charge in [0.15, 0.2) is 5.71 Å². The first-order valence-electron chi connectivity index (χ1n) is 6.85. The minimum absolute atomic E-state index is 0.221. The van der Waals surface area contributed by atoms with Gasteiger partial charge in [0.2, 0.25) is 0 Å². The van der Waals surface area contributed by atoms with E-state index in [1.807, 2.05) is 36.4 Å². The molecule has 0 fully saturated rings. The van der Waals surface area contributed by atoms with Crippen molar-refractivity contribution in [3.63, 3.8) is 0 Å². The van der Waals surface area contributed by atoms with Crippen molar-refractivity contribution in [2.45, 2.75) is 6.42 Å². The lowest BCUT2D eigenvalue weighted by atomic mass is 10.0. The lowest BCUT2D eigenvalue weighted by molar-refractivity contribution is -0.114. The first-order chi connectivity index (χ1) is 10.7. The van der Waals surface area contributed by atoms with E-state index in [4.69, 9.17) is 4.84 Å². The fraction of sp³-hybridized carbons (Fsp3) is 0.176. The van der Waals surface area contributed by atoms with Crippen LogP contribution in [0.5, 0.6) is 5.75 Å². The van der Waals surface area contributed by atoms with Gasteiger partial charge in [-0.05, 0) is 17.2 Å². The Balaban J connectivity index is 2.21. The molecule has 0 aliphatic carbocycles. The van der Waals surface area contributed by atoms with Crippen LogP contribution in [-0.4, -0.2) is 30.9 Å². The van der Waals surface area contributed by atoms with E-state index in [0.717, 1.165) is 11.1 Å². The summed E-state index contributed by atoms with van der Waals surface area (Å²) in [5.74, 6) is -0.0334. The van der Waals surface area contributed by atoms with E-state index >= 15 is 0 Å². The van der Waals surface area contributed by atoms with Crippen molar-refractivity contribution in [3.8, 4) is 5.75 Å². The zero-order valence-electron chi connectivity index (χ0n) is 12.5. The summed E-state index contributed by atoms with van der Waals surface area (Å²) in [6.45, 7) is 0. The van der Waals surface area contributed by atoms with Crippen molar-refractivity contribution in [2.75, 3.05) is 14.2 Å². The normalized spacial score (nSPS) is 11.1. The summed E-state index contributed by atoms with van der Waals surface area (Å²) in [7, 11) is 2.94. The second-order valence-electron chi connectivity index (χ2n) is 4.70. The largest absolute Gasteiger partial charge is 0.508 e. The number of likely N-dealkylation sites (N-methyl/N-ethyl adjacent to an activating group) is 1. The first-order valence-corrected chi connectivity index (χ1v) is 6.85. The molecule has 0 saturated carbocycles. The smallest absolute Gasteiger partial charge is 0.273 e. The van der Waals surface area contributed by atoms with Gasteiger partial charge in [0.1, 0.15) is 12.9 Å². The number of amides is 1. The highest BCUT2D eigenvalue weighted by molar-refractivity contribution is 6.45. The number of hydrogen-bond acceptors (Lipinski definition) is 4. The number of oxime groups is 1. The lowest BCUT2D eigenvalue weighted by Crippen LogP contribution is -2.28. The number of rotatable bonds is 5. The van der Waals surface area contributed by atoms with E-state index in [0.29, 0.717) is 12.0 Å². The molecular weight excluding hydrogens is 280 g/mol. The fourth-order valence-corrected chi connectivity index (χ4v) is 2.10. The van der Waals surface area contributed by atoms with Gasteiger partial charge in [0, 0.05) is 19.0 Å². The Morgan fingerprint density at radius 2 is 1.86 bits per heavy atom. The van der Waals surface area contributed by atoms with Gasteiger partial charge in [0.25, 0.3) is 5.91 Å². The Kier molecular flexibility index (Phi) is 5.14. The van der Waals surface area contributed by atoms with Crippen LogP contribution in [0.15, 0.2) is 53.7 Å². The van der Waals surface area contributed by atoms with E-state index in [1.54, 1.807) is 19.2 Å². The van der Waals surface area contributed by atoms with Crippen LogP contribution < -0.4 is 5.32 Å². The fourth-order valence-electron chi connectivity index (χ4n) is 2.10. The maximum absolute atomic E-state index is 11.8. The number of nitrogens with zero attached hydrogens (tertiary/aromatic N) is 1. The van der Waals surface area contributed by atoms with Crippen molar-refractivity contribution in [1.29, 1.82) is 0 Å². The van der Waals surface area contributed by atoms with Gasteiger partial charge in [-0.2, -0.15) is 0 Å². The van der Waals surface area contributed by atoms with E-state index in [2.05, 4.69) is 10.5 Å². The van der Waals surface area contributed by atoms with Crippen molar-refractivity contribution in [1.82, 2.24) is 5.32 Å². The molecule has 0 aromatic heterocycles. The van der Waals surface area contributed by atoms with E-state index in [9.17, 15) is 9.90 Å². The van der Waals surface area contributed by atoms with Gasteiger partial charge in [-0.3, -0.25) is 4.79 Å². The molecule has 0 aliphatic rings. The number of nitrogens with one attached hydrogen (secondary N) is 1. The van der Waals surface area contributed by atoms with E-state index in [1.165, 1.54) is 7.11 Å². The van der Waals surface area contributed by atoms with Gasteiger partial charge in [-0.25, -0.2) is 0 Å². The summed E-state index contributed by atoms with van der Waals surface area (Å²) >= 11 is 0. The molecule has 0 radical (unpaired) electrons. The number of aromatic hydroxyl groups is 1. The molecule has 2 aromatic rings. The molecule has 2 N–H and O–H groups in total. The van der Waals surface area contributed by atoms with Gasteiger partial charge in [-0.1, -0.05) is 47.6 Å². The van der Waals surface area contributed by atoms with Crippen LogP contribution in [0.1, 0.15) is 16.7 Å². The van der Waals surface area contributed by atoms with Crippen molar-refractivity contribution in [3.05, 3.63) is 65.2 Å². The number of carbonyl (C=O) groups is 1. The summed E-state index contributed by atoms with van der Waals surface area (Å²) in [6, 6.07) is 14.6. The third-order valence-electron chi connectivity index (χ3n) is 3.24.